The molecular weight excluding hydrogens is 378 g/mol. The number of carbonyl (C=O) groups is 1. The molecule has 134 valence electrons. The summed E-state index contributed by atoms with van der Waals surface area (Å²) in [6, 6.07) is 6.29. The molecule has 0 bridgehead atoms. The molecule has 1 aliphatic heterocycles. The molecule has 0 saturated carbocycles. The van der Waals surface area contributed by atoms with Gasteiger partial charge in [-0.2, -0.15) is 0 Å². The number of rotatable bonds is 5. The molecule has 3 aromatic heterocycles. The van der Waals surface area contributed by atoms with Crippen molar-refractivity contribution in [2.75, 3.05) is 31.2 Å². The number of aromatic nitrogens is 1. The number of furan rings is 1. The van der Waals surface area contributed by atoms with Crippen molar-refractivity contribution < 1.29 is 18.9 Å². The lowest BCUT2D eigenvalue weighted by atomic mass is 10.2. The lowest BCUT2D eigenvalue weighted by Gasteiger charge is -2.25. The fraction of sp³-hybridized carbons (Fsp3) is 0.250. The number of carbonyl (C=O) groups excluding carboxylic acids is 1. The zero-order valence-corrected chi connectivity index (χ0v) is 15.0. The van der Waals surface area contributed by atoms with Gasteiger partial charge in [0.1, 0.15) is 15.5 Å². The summed E-state index contributed by atoms with van der Waals surface area (Å²) in [5.41, 5.74) is 0.579. The van der Waals surface area contributed by atoms with E-state index in [9.17, 15) is 14.9 Å². The second kappa shape index (κ2) is 6.98. The van der Waals surface area contributed by atoms with Crippen LogP contribution in [0.25, 0.3) is 10.6 Å². The van der Waals surface area contributed by atoms with Crippen LogP contribution in [-0.4, -0.2) is 42.0 Å². The molecule has 1 saturated heterocycles. The van der Waals surface area contributed by atoms with Gasteiger partial charge in [0.15, 0.2) is 10.9 Å². The van der Waals surface area contributed by atoms with Crippen LogP contribution in [0.2, 0.25) is 0 Å². The van der Waals surface area contributed by atoms with Gasteiger partial charge in [0, 0.05) is 13.1 Å². The average Bonchev–Trinajstić information content (AvgIpc) is 3.41. The molecule has 0 aromatic carbocycles. The number of thiophene rings is 1. The minimum absolute atomic E-state index is 0.0633. The minimum Gasteiger partial charge on any atom is -0.397 e. The smallest absolute Gasteiger partial charge is 0.397 e. The van der Waals surface area contributed by atoms with Crippen molar-refractivity contribution in [3.63, 3.8) is 0 Å². The van der Waals surface area contributed by atoms with Gasteiger partial charge in [0.25, 0.3) is 0 Å². The van der Waals surface area contributed by atoms with Crippen molar-refractivity contribution in [3.05, 3.63) is 50.4 Å². The van der Waals surface area contributed by atoms with Crippen molar-refractivity contribution in [1.82, 2.24) is 4.98 Å². The predicted molar refractivity (Wildman–Crippen MR) is 97.3 cm³/mol. The van der Waals surface area contributed by atoms with E-state index >= 15 is 0 Å². The number of morpholine rings is 1. The van der Waals surface area contributed by atoms with E-state index in [1.807, 2.05) is 17.5 Å². The van der Waals surface area contributed by atoms with E-state index in [0.717, 1.165) is 10.0 Å². The number of nitro groups is 1. The van der Waals surface area contributed by atoms with Crippen LogP contribution >= 0.6 is 22.7 Å². The largest absolute Gasteiger partial charge is 0.433 e. The second-order valence-corrected chi connectivity index (χ2v) is 7.40. The van der Waals surface area contributed by atoms with E-state index in [-0.39, 0.29) is 5.76 Å². The zero-order valence-electron chi connectivity index (χ0n) is 13.4. The highest BCUT2D eigenvalue weighted by molar-refractivity contribution is 7.19. The Morgan fingerprint density at radius 2 is 2.08 bits per heavy atom. The summed E-state index contributed by atoms with van der Waals surface area (Å²) in [6.07, 6.45) is 0. The molecule has 0 atom stereocenters. The zero-order chi connectivity index (χ0) is 18.1. The Kier molecular flexibility index (Phi) is 4.53. The van der Waals surface area contributed by atoms with Gasteiger partial charge in [-0.15, -0.1) is 11.3 Å². The predicted octanol–water partition coefficient (Wildman–Crippen LogP) is 3.44. The third kappa shape index (κ3) is 3.14. The van der Waals surface area contributed by atoms with Crippen LogP contribution in [0, 0.1) is 10.1 Å². The summed E-state index contributed by atoms with van der Waals surface area (Å²) in [5, 5.41) is 13.5. The third-order valence-corrected chi connectivity index (χ3v) is 5.85. The number of thiazole rings is 1. The van der Waals surface area contributed by atoms with Crippen molar-refractivity contribution in [2.24, 2.45) is 0 Å². The maximum atomic E-state index is 12.9. The maximum absolute atomic E-state index is 12.9. The number of nitrogens with zero attached hydrogens (tertiary/aromatic N) is 3. The average molecular weight is 391 g/mol. The molecule has 8 nitrogen and oxygen atoms in total. The van der Waals surface area contributed by atoms with Gasteiger partial charge in [0.2, 0.25) is 5.78 Å². The highest BCUT2D eigenvalue weighted by Crippen LogP contribution is 2.37. The normalized spacial score (nSPS) is 14.5. The molecule has 4 heterocycles. The summed E-state index contributed by atoms with van der Waals surface area (Å²) >= 11 is 2.75. The Bertz CT molecular complexity index is 941. The molecule has 1 fully saturated rings. The first-order chi connectivity index (χ1) is 12.6. The van der Waals surface area contributed by atoms with Crippen LogP contribution in [0.15, 0.2) is 34.1 Å². The highest BCUT2D eigenvalue weighted by atomic mass is 32.1. The Morgan fingerprint density at radius 1 is 1.27 bits per heavy atom. The molecule has 0 amide bonds. The van der Waals surface area contributed by atoms with Crippen molar-refractivity contribution >= 4 is 39.5 Å². The standard InChI is InChI=1S/C16H13N3O5S2/c20-14(10-3-4-12(24-10)19(21)22)15-13(11-2-1-9-25-11)17-16(26-15)18-5-7-23-8-6-18/h1-4,9H,5-8H2. The summed E-state index contributed by atoms with van der Waals surface area (Å²) in [5.74, 6) is -0.922. The Labute approximate surface area is 155 Å². The van der Waals surface area contributed by atoms with E-state index in [2.05, 4.69) is 9.88 Å². The number of hydrogen-bond donors (Lipinski definition) is 0. The Balaban J connectivity index is 1.74. The Morgan fingerprint density at radius 3 is 2.73 bits per heavy atom. The molecule has 0 aliphatic carbocycles. The van der Waals surface area contributed by atoms with E-state index < -0.39 is 16.6 Å². The third-order valence-electron chi connectivity index (χ3n) is 3.85. The van der Waals surface area contributed by atoms with Crippen molar-refractivity contribution in [3.8, 4) is 10.6 Å². The van der Waals surface area contributed by atoms with Gasteiger partial charge in [-0.3, -0.25) is 14.9 Å². The second-order valence-electron chi connectivity index (χ2n) is 5.48. The molecular formula is C16H13N3O5S2. The SMILES string of the molecule is O=C(c1ccc([N+](=O)[O-])o1)c1sc(N2CCOCC2)nc1-c1cccs1. The maximum Gasteiger partial charge on any atom is 0.433 e. The Hall–Kier alpha value is -2.56. The van der Waals surface area contributed by atoms with Crippen LogP contribution in [0.3, 0.4) is 0 Å². The van der Waals surface area contributed by atoms with Crippen LogP contribution in [0.5, 0.6) is 0 Å². The number of hydrogen-bond acceptors (Lipinski definition) is 9. The van der Waals surface area contributed by atoms with Gasteiger partial charge in [-0.25, -0.2) is 4.98 Å². The first-order valence-corrected chi connectivity index (χ1v) is 9.49. The number of ketones is 1. The minimum atomic E-state index is -0.664. The molecule has 1 aliphatic rings. The fourth-order valence-corrected chi connectivity index (χ4v) is 4.45. The molecule has 0 radical (unpaired) electrons. The first-order valence-electron chi connectivity index (χ1n) is 7.80. The lowest BCUT2D eigenvalue weighted by molar-refractivity contribution is -0.402. The van der Waals surface area contributed by atoms with Gasteiger partial charge in [0.05, 0.1) is 24.2 Å². The van der Waals surface area contributed by atoms with Crippen molar-refractivity contribution in [2.45, 2.75) is 0 Å². The van der Waals surface area contributed by atoms with Gasteiger partial charge in [-0.1, -0.05) is 17.4 Å². The molecule has 0 N–H and O–H groups in total. The van der Waals surface area contributed by atoms with Gasteiger partial charge < -0.3 is 14.1 Å². The molecule has 4 rings (SSSR count). The quantitative estimate of drug-likeness (QED) is 0.373. The van der Waals surface area contributed by atoms with Crippen molar-refractivity contribution in [1.29, 1.82) is 0 Å². The monoisotopic (exact) mass is 391 g/mol. The number of ether oxygens (including phenoxy) is 1. The van der Waals surface area contributed by atoms with Crippen LogP contribution in [0.1, 0.15) is 15.4 Å². The summed E-state index contributed by atoms with van der Waals surface area (Å²) < 4.78 is 10.5. The van der Waals surface area contributed by atoms with Gasteiger partial charge >= 0.3 is 5.88 Å². The van der Waals surface area contributed by atoms with E-state index in [1.165, 1.54) is 34.8 Å². The first kappa shape index (κ1) is 16.9. The lowest BCUT2D eigenvalue weighted by Crippen LogP contribution is -2.36. The van der Waals surface area contributed by atoms with E-state index in [0.29, 0.717) is 36.9 Å². The molecule has 0 spiro atoms. The van der Waals surface area contributed by atoms with Crippen LogP contribution in [0.4, 0.5) is 11.0 Å². The van der Waals surface area contributed by atoms with E-state index in [4.69, 9.17) is 9.15 Å². The number of anilines is 1. The van der Waals surface area contributed by atoms with Crippen LogP contribution < -0.4 is 4.90 Å². The van der Waals surface area contributed by atoms with Gasteiger partial charge in [-0.05, 0) is 17.5 Å². The van der Waals surface area contributed by atoms with E-state index in [1.54, 1.807) is 0 Å². The highest BCUT2D eigenvalue weighted by Gasteiger charge is 2.27. The summed E-state index contributed by atoms with van der Waals surface area (Å²) in [4.78, 5) is 31.1. The molecule has 26 heavy (non-hydrogen) atoms. The molecule has 3 aromatic rings. The molecule has 10 heteroatoms. The summed E-state index contributed by atoms with van der Waals surface area (Å²) in [6.45, 7) is 2.64. The summed E-state index contributed by atoms with van der Waals surface area (Å²) in [7, 11) is 0. The fourth-order valence-electron chi connectivity index (χ4n) is 2.59. The van der Waals surface area contributed by atoms with Crippen LogP contribution in [-0.2, 0) is 4.74 Å². The topological polar surface area (TPSA) is 98.7 Å². The molecule has 0 unspecified atom stereocenters.